The number of hydrazine groups is 1. The van der Waals surface area contributed by atoms with Crippen LogP contribution in [0, 0.1) is 5.82 Å². The first kappa shape index (κ1) is 29.3. The summed E-state index contributed by atoms with van der Waals surface area (Å²) < 4.78 is 19.5. The number of fused-ring (bicyclic) bond motifs is 2. The lowest BCUT2D eigenvalue weighted by molar-refractivity contribution is -0.157. The summed E-state index contributed by atoms with van der Waals surface area (Å²) >= 11 is 1.38. The number of nitrogens with two attached hydrogens (primary N) is 1. The van der Waals surface area contributed by atoms with Gasteiger partial charge in [0.15, 0.2) is 5.13 Å². The zero-order chi connectivity index (χ0) is 31.0. The van der Waals surface area contributed by atoms with Gasteiger partial charge in [-0.1, -0.05) is 47.7 Å². The Morgan fingerprint density at radius 2 is 1.84 bits per heavy atom. The molecule has 3 heterocycles. The van der Waals surface area contributed by atoms with Crippen LogP contribution < -0.4 is 15.8 Å². The number of ether oxygens (including phenoxy) is 1. The summed E-state index contributed by atoms with van der Waals surface area (Å²) in [5, 5.41) is 6.34. The van der Waals surface area contributed by atoms with Gasteiger partial charge in [0.05, 0.1) is 30.4 Å². The van der Waals surface area contributed by atoms with E-state index in [2.05, 4.69) is 10.3 Å². The van der Waals surface area contributed by atoms with Crippen LogP contribution in [0.4, 0.5) is 14.3 Å². The molecule has 2 fully saturated rings. The van der Waals surface area contributed by atoms with Crippen molar-refractivity contribution in [3.05, 3.63) is 89.2 Å². The molecule has 228 valence electrons. The molecular weight excluding hydrogens is 585 g/mol. The Hall–Kier alpha value is -4.75. The first-order chi connectivity index (χ1) is 21.2. The van der Waals surface area contributed by atoms with E-state index in [-0.39, 0.29) is 43.8 Å². The number of piperazine rings is 1. The van der Waals surface area contributed by atoms with Gasteiger partial charge in [0.25, 0.3) is 0 Å². The minimum atomic E-state index is -0.782. The number of halogens is 1. The summed E-state index contributed by atoms with van der Waals surface area (Å²) in [6.07, 6.45) is -0.284. The summed E-state index contributed by atoms with van der Waals surface area (Å²) in [5.74, 6) is -0.0940. The molecule has 2 aliphatic heterocycles. The minimum absolute atomic E-state index is 0.0659. The maximum atomic E-state index is 14.1. The second kappa shape index (κ2) is 12.1. The Morgan fingerprint density at radius 1 is 1.11 bits per heavy atom. The number of para-hydroxylation sites is 1. The monoisotopic (exact) mass is 617 g/mol. The summed E-state index contributed by atoms with van der Waals surface area (Å²) in [6.45, 7) is 0.579. The molecule has 2 saturated heterocycles. The topological polar surface area (TPSA) is 124 Å². The first-order valence-electron chi connectivity index (χ1n) is 14.1. The maximum absolute atomic E-state index is 14.1. The van der Waals surface area contributed by atoms with E-state index in [1.807, 2.05) is 42.5 Å². The molecule has 4 amide bonds. The molecule has 4 aromatic rings. The molecule has 3 aromatic carbocycles. The number of anilines is 1. The van der Waals surface area contributed by atoms with Crippen molar-refractivity contribution in [2.45, 2.75) is 31.7 Å². The van der Waals surface area contributed by atoms with E-state index in [1.165, 1.54) is 28.5 Å². The van der Waals surface area contributed by atoms with Gasteiger partial charge in [-0.3, -0.25) is 14.6 Å². The minimum Gasteiger partial charge on any atom is -0.497 e. The van der Waals surface area contributed by atoms with Crippen LogP contribution >= 0.6 is 11.3 Å². The van der Waals surface area contributed by atoms with Crippen molar-refractivity contribution in [2.75, 3.05) is 33.0 Å². The highest BCUT2D eigenvalue weighted by atomic mass is 32.1. The van der Waals surface area contributed by atoms with Gasteiger partial charge < -0.3 is 25.6 Å². The van der Waals surface area contributed by atoms with Crippen molar-refractivity contribution in [3.8, 4) is 5.75 Å². The molecule has 2 aliphatic rings. The van der Waals surface area contributed by atoms with Crippen LogP contribution in [0.15, 0.2) is 66.7 Å². The third-order valence-electron chi connectivity index (χ3n) is 8.07. The number of methoxy groups -OCH3 is 1. The number of nitrogens with one attached hydrogen (secondary N) is 1. The normalized spacial score (nSPS) is 18.5. The van der Waals surface area contributed by atoms with Gasteiger partial charge >= 0.3 is 6.03 Å². The Labute approximate surface area is 257 Å². The van der Waals surface area contributed by atoms with Gasteiger partial charge in [0.1, 0.15) is 23.8 Å². The zero-order valence-corrected chi connectivity index (χ0v) is 25.1. The number of benzene rings is 3. The smallest absolute Gasteiger partial charge is 0.332 e. The second-order valence-electron chi connectivity index (χ2n) is 10.8. The van der Waals surface area contributed by atoms with E-state index in [0.29, 0.717) is 17.3 Å². The number of hydrogen-bond donors (Lipinski definition) is 2. The van der Waals surface area contributed by atoms with Gasteiger partial charge in [-0.15, -0.1) is 0 Å². The van der Waals surface area contributed by atoms with Crippen LogP contribution in [-0.2, 0) is 29.1 Å². The number of carbonyl (C=O) groups excluding carboxylic acids is 3. The molecule has 1 aromatic heterocycles. The van der Waals surface area contributed by atoms with Crippen LogP contribution in [0.3, 0.4) is 0 Å². The van der Waals surface area contributed by atoms with E-state index >= 15 is 0 Å². The van der Waals surface area contributed by atoms with Crippen LogP contribution in [-0.4, -0.2) is 82.1 Å². The molecule has 0 saturated carbocycles. The third-order valence-corrected chi connectivity index (χ3v) is 8.92. The van der Waals surface area contributed by atoms with Gasteiger partial charge in [-0.25, -0.2) is 14.2 Å². The van der Waals surface area contributed by atoms with Crippen LogP contribution in [0.25, 0.3) is 10.2 Å². The van der Waals surface area contributed by atoms with E-state index in [9.17, 15) is 18.8 Å². The highest BCUT2D eigenvalue weighted by Crippen LogP contribution is 2.32. The molecule has 0 bridgehead atoms. The third kappa shape index (κ3) is 5.75. The number of rotatable bonds is 8. The van der Waals surface area contributed by atoms with E-state index in [0.717, 1.165) is 26.9 Å². The summed E-state index contributed by atoms with van der Waals surface area (Å²) in [7, 11) is 3.18. The lowest BCUT2D eigenvalue weighted by Crippen LogP contribution is -2.65. The fraction of sp³-hybridized carbons (Fsp3) is 0.290. The fourth-order valence-corrected chi connectivity index (χ4v) is 6.58. The van der Waals surface area contributed by atoms with Gasteiger partial charge in [-0.2, -0.15) is 5.01 Å². The van der Waals surface area contributed by atoms with Gasteiger partial charge in [-0.05, 0) is 47.0 Å². The van der Waals surface area contributed by atoms with Crippen LogP contribution in [0.2, 0.25) is 0 Å². The molecule has 0 unspecified atom stereocenters. The van der Waals surface area contributed by atoms with Gasteiger partial charge in [0.2, 0.25) is 11.8 Å². The molecule has 6 rings (SSSR count). The predicted molar refractivity (Wildman–Crippen MR) is 164 cm³/mol. The van der Waals surface area contributed by atoms with E-state index in [1.54, 1.807) is 41.1 Å². The van der Waals surface area contributed by atoms with E-state index in [4.69, 9.17) is 10.5 Å². The fourth-order valence-electron chi connectivity index (χ4n) is 5.80. The Morgan fingerprint density at radius 3 is 2.57 bits per heavy atom. The molecule has 0 aliphatic carbocycles. The number of carbonyl (C=O) groups is 3. The number of nitrogens with zero attached hydrogens (tertiary/aromatic N) is 5. The number of nitrogen functional groups attached to an aromatic ring is 1. The summed E-state index contributed by atoms with van der Waals surface area (Å²) in [4.78, 5) is 48.7. The van der Waals surface area contributed by atoms with E-state index < -0.39 is 18.2 Å². The lowest BCUT2D eigenvalue weighted by atomic mass is 9.99. The zero-order valence-electron chi connectivity index (χ0n) is 24.3. The number of urea groups is 1. The lowest BCUT2D eigenvalue weighted by Gasteiger charge is -2.45. The highest BCUT2D eigenvalue weighted by Gasteiger charge is 2.51. The standard InChI is InChI=1S/C31H32FN7O4S/c1-36(31(42)34-15-20-6-10-22(32)11-7-20)38-18-27(40)39-24(14-19-8-12-23(43-2)13-9-19)29(41)37(17-26(38)39)16-21-4-3-5-25-28(21)35-30(33)44-25/h3-13,24,26H,14-18H2,1-2H3,(H2,33,35)(H,34,42)/t24-,26+/m0/s1. The number of amides is 4. The average Bonchev–Trinajstić information content (AvgIpc) is 3.57. The summed E-state index contributed by atoms with van der Waals surface area (Å²) in [5.41, 5.74) is 9.19. The van der Waals surface area contributed by atoms with Crippen molar-refractivity contribution in [1.82, 2.24) is 30.1 Å². The highest BCUT2D eigenvalue weighted by molar-refractivity contribution is 7.22. The number of thiazole rings is 1. The molecule has 13 heteroatoms. The first-order valence-corrected chi connectivity index (χ1v) is 14.9. The Bertz CT molecular complexity index is 1700. The van der Waals surface area contributed by atoms with Crippen molar-refractivity contribution in [3.63, 3.8) is 0 Å². The molecule has 44 heavy (non-hydrogen) atoms. The molecule has 11 nitrogen and oxygen atoms in total. The van der Waals surface area contributed by atoms with Crippen molar-refractivity contribution in [2.24, 2.45) is 0 Å². The molecule has 0 spiro atoms. The molecule has 3 N–H and O–H groups in total. The number of aromatic nitrogens is 1. The Balaban J connectivity index is 1.27. The maximum Gasteiger partial charge on any atom is 0.332 e. The summed E-state index contributed by atoms with van der Waals surface area (Å²) in [6, 6.07) is 17.8. The quantitative estimate of drug-likeness (QED) is 0.311. The second-order valence-corrected chi connectivity index (χ2v) is 11.9. The van der Waals surface area contributed by atoms with Gasteiger partial charge in [0, 0.05) is 26.6 Å². The average molecular weight is 618 g/mol. The molecular formula is C31H32FN7O4S. The number of hydrogen-bond acceptors (Lipinski definition) is 8. The van der Waals surface area contributed by atoms with Crippen molar-refractivity contribution in [1.29, 1.82) is 0 Å². The predicted octanol–water partition coefficient (Wildman–Crippen LogP) is 3.21. The SMILES string of the molecule is COc1ccc(C[C@H]2C(=O)N(Cc3cccc4sc(N)nc34)C[C@H]3N2C(=O)CN3N(C)C(=O)NCc2ccc(F)cc2)cc1. The van der Waals surface area contributed by atoms with Crippen LogP contribution in [0.1, 0.15) is 16.7 Å². The van der Waals surface area contributed by atoms with Crippen molar-refractivity contribution >= 4 is 44.5 Å². The van der Waals surface area contributed by atoms with Crippen LogP contribution in [0.5, 0.6) is 5.75 Å². The molecule has 2 atom stereocenters. The largest absolute Gasteiger partial charge is 0.497 e. The molecule has 0 radical (unpaired) electrons. The van der Waals surface area contributed by atoms with Crippen molar-refractivity contribution < 1.29 is 23.5 Å². The Kier molecular flexibility index (Phi) is 8.06.